The zero-order valence-corrected chi connectivity index (χ0v) is 9.66. The molecule has 1 fully saturated rings. The van der Waals surface area contributed by atoms with Gasteiger partial charge in [-0.2, -0.15) is 0 Å². The molecule has 0 aromatic carbocycles. The van der Waals surface area contributed by atoms with Crippen molar-refractivity contribution in [2.45, 2.75) is 0 Å². The van der Waals surface area contributed by atoms with E-state index in [0.717, 1.165) is 37.2 Å². The van der Waals surface area contributed by atoms with Gasteiger partial charge in [0.15, 0.2) is 0 Å². The lowest BCUT2D eigenvalue weighted by Gasteiger charge is -2.33. The van der Waals surface area contributed by atoms with Crippen LogP contribution >= 0.6 is 15.9 Å². The Morgan fingerprint density at radius 1 is 1.21 bits per heavy atom. The molecular weight excluding hydrogens is 248 g/mol. The van der Waals surface area contributed by atoms with Crippen molar-refractivity contribution in [3.8, 4) is 0 Å². The van der Waals surface area contributed by atoms with Crippen molar-refractivity contribution < 1.29 is 9.90 Å². The Balaban J connectivity index is 2.24. The van der Waals surface area contributed by atoms with Gasteiger partial charge in [0.05, 0.1) is 6.54 Å². The molecule has 0 saturated carbocycles. The summed E-state index contributed by atoms with van der Waals surface area (Å²) in [5.74, 6) is -0.747. The first-order valence-corrected chi connectivity index (χ1v) is 5.37. The van der Waals surface area contributed by atoms with Crippen LogP contribution in [0.5, 0.6) is 0 Å². The smallest absolute Gasteiger partial charge is 0.317 e. The molecule has 5 heteroatoms. The zero-order valence-electron chi connectivity index (χ0n) is 8.08. The third kappa shape index (κ3) is 4.21. The summed E-state index contributed by atoms with van der Waals surface area (Å²) in [6, 6.07) is 0. The van der Waals surface area contributed by atoms with E-state index in [-0.39, 0.29) is 6.54 Å². The summed E-state index contributed by atoms with van der Waals surface area (Å²) in [6.07, 6.45) is 0. The van der Waals surface area contributed by atoms with Crippen LogP contribution < -0.4 is 0 Å². The third-order valence-corrected chi connectivity index (χ3v) is 2.47. The van der Waals surface area contributed by atoms with E-state index < -0.39 is 5.97 Å². The molecule has 1 heterocycles. The Kier molecular flexibility index (Phi) is 4.57. The average molecular weight is 263 g/mol. The number of halogens is 1. The van der Waals surface area contributed by atoms with Crippen LogP contribution in [0.3, 0.4) is 0 Å². The Hall–Kier alpha value is -0.390. The van der Waals surface area contributed by atoms with Crippen molar-refractivity contribution in [2.24, 2.45) is 0 Å². The van der Waals surface area contributed by atoms with Crippen LogP contribution in [0.25, 0.3) is 0 Å². The van der Waals surface area contributed by atoms with Gasteiger partial charge in [0.1, 0.15) is 0 Å². The van der Waals surface area contributed by atoms with Crippen LogP contribution in [0, 0.1) is 0 Å². The molecule has 4 nitrogen and oxygen atoms in total. The molecule has 80 valence electrons. The molecule has 0 spiro atoms. The van der Waals surface area contributed by atoms with Gasteiger partial charge in [-0.3, -0.25) is 14.6 Å². The van der Waals surface area contributed by atoms with Crippen LogP contribution in [0.2, 0.25) is 0 Å². The van der Waals surface area contributed by atoms with Crippen molar-refractivity contribution in [3.05, 3.63) is 11.1 Å². The maximum absolute atomic E-state index is 10.4. The summed E-state index contributed by atoms with van der Waals surface area (Å²) >= 11 is 3.32. The maximum Gasteiger partial charge on any atom is 0.317 e. The van der Waals surface area contributed by atoms with Crippen molar-refractivity contribution in [3.63, 3.8) is 0 Å². The lowest BCUT2D eigenvalue weighted by molar-refractivity contribution is -0.138. The lowest BCUT2D eigenvalue weighted by Crippen LogP contribution is -2.48. The molecule has 0 amide bonds. The standard InChI is InChI=1S/C9H15BrN2O2/c1-8(10)6-11-2-4-12(5-3-11)7-9(13)14/h1-7H2,(H,13,14). The van der Waals surface area contributed by atoms with E-state index in [1.165, 1.54) is 0 Å². The highest BCUT2D eigenvalue weighted by Crippen LogP contribution is 2.07. The van der Waals surface area contributed by atoms with Crippen LogP contribution in [0.4, 0.5) is 0 Å². The van der Waals surface area contributed by atoms with Gasteiger partial charge in [-0.25, -0.2) is 0 Å². The fraction of sp³-hybridized carbons (Fsp3) is 0.667. The largest absolute Gasteiger partial charge is 0.480 e. The molecule has 0 unspecified atom stereocenters. The first-order chi connectivity index (χ1) is 6.58. The second kappa shape index (κ2) is 5.48. The molecule has 0 aromatic rings. The van der Waals surface area contributed by atoms with E-state index in [0.29, 0.717) is 0 Å². The minimum Gasteiger partial charge on any atom is -0.480 e. The van der Waals surface area contributed by atoms with E-state index in [1.807, 2.05) is 4.90 Å². The predicted octanol–water partition coefficient (Wildman–Crippen LogP) is 0.597. The first-order valence-electron chi connectivity index (χ1n) is 4.57. The molecule has 1 saturated heterocycles. The van der Waals surface area contributed by atoms with Gasteiger partial charge in [-0.1, -0.05) is 22.5 Å². The third-order valence-electron chi connectivity index (χ3n) is 2.22. The van der Waals surface area contributed by atoms with E-state index in [1.54, 1.807) is 0 Å². The maximum atomic E-state index is 10.4. The van der Waals surface area contributed by atoms with Crippen LogP contribution in [-0.2, 0) is 4.79 Å². The van der Waals surface area contributed by atoms with Gasteiger partial charge in [0.2, 0.25) is 0 Å². The second-order valence-corrected chi connectivity index (χ2v) is 4.58. The molecule has 0 aliphatic carbocycles. The highest BCUT2D eigenvalue weighted by molar-refractivity contribution is 9.11. The summed E-state index contributed by atoms with van der Waals surface area (Å²) in [5.41, 5.74) is 0. The van der Waals surface area contributed by atoms with Crippen LogP contribution in [-0.4, -0.2) is 60.1 Å². The minimum absolute atomic E-state index is 0.156. The number of carboxylic acid groups (broad SMARTS) is 1. The van der Waals surface area contributed by atoms with Gasteiger partial charge in [-0.15, -0.1) is 0 Å². The van der Waals surface area contributed by atoms with E-state index in [9.17, 15) is 4.79 Å². The molecule has 14 heavy (non-hydrogen) atoms. The molecule has 1 aliphatic heterocycles. The Morgan fingerprint density at radius 2 is 1.64 bits per heavy atom. The Labute approximate surface area is 92.3 Å². The van der Waals surface area contributed by atoms with E-state index in [4.69, 9.17) is 5.11 Å². The Bertz CT molecular complexity index is 201. The topological polar surface area (TPSA) is 43.8 Å². The Morgan fingerprint density at radius 3 is 2.00 bits per heavy atom. The lowest BCUT2D eigenvalue weighted by atomic mass is 10.3. The summed E-state index contributed by atoms with van der Waals surface area (Å²) in [6.45, 7) is 8.27. The van der Waals surface area contributed by atoms with Crippen molar-refractivity contribution in [1.82, 2.24) is 9.80 Å². The number of piperazine rings is 1. The van der Waals surface area contributed by atoms with E-state index in [2.05, 4.69) is 27.4 Å². The fourth-order valence-electron chi connectivity index (χ4n) is 1.54. The number of rotatable bonds is 4. The quantitative estimate of drug-likeness (QED) is 0.806. The summed E-state index contributed by atoms with van der Waals surface area (Å²) in [7, 11) is 0. The molecule has 0 aromatic heterocycles. The second-order valence-electron chi connectivity index (χ2n) is 3.46. The summed E-state index contributed by atoms with van der Waals surface area (Å²) in [5, 5.41) is 8.60. The number of carbonyl (C=O) groups is 1. The summed E-state index contributed by atoms with van der Waals surface area (Å²) in [4.78, 5) is 14.7. The van der Waals surface area contributed by atoms with Gasteiger partial charge in [0.25, 0.3) is 0 Å². The van der Waals surface area contributed by atoms with Crippen molar-refractivity contribution in [2.75, 3.05) is 39.3 Å². The zero-order chi connectivity index (χ0) is 10.6. The molecule has 1 rings (SSSR count). The molecule has 0 bridgehead atoms. The van der Waals surface area contributed by atoms with Crippen LogP contribution in [0.15, 0.2) is 11.1 Å². The molecule has 1 aliphatic rings. The average Bonchev–Trinajstić information content (AvgIpc) is 2.06. The fourth-order valence-corrected chi connectivity index (χ4v) is 1.89. The highest BCUT2D eigenvalue weighted by atomic mass is 79.9. The van der Waals surface area contributed by atoms with Crippen molar-refractivity contribution in [1.29, 1.82) is 0 Å². The number of nitrogens with zero attached hydrogens (tertiary/aromatic N) is 2. The van der Waals surface area contributed by atoms with Gasteiger partial charge in [0, 0.05) is 37.2 Å². The molecule has 0 radical (unpaired) electrons. The predicted molar refractivity (Wildman–Crippen MR) is 58.6 cm³/mol. The number of carboxylic acids is 1. The van der Waals surface area contributed by atoms with Crippen molar-refractivity contribution >= 4 is 21.9 Å². The number of hydrogen-bond acceptors (Lipinski definition) is 3. The molecule has 1 N–H and O–H groups in total. The molecule has 0 atom stereocenters. The van der Waals surface area contributed by atoms with Crippen LogP contribution in [0.1, 0.15) is 0 Å². The number of aliphatic carboxylic acids is 1. The van der Waals surface area contributed by atoms with E-state index >= 15 is 0 Å². The monoisotopic (exact) mass is 262 g/mol. The SMILES string of the molecule is C=C(Br)CN1CCN(CC(=O)O)CC1. The normalized spacial score (nSPS) is 19.5. The highest BCUT2D eigenvalue weighted by Gasteiger charge is 2.18. The van der Waals surface area contributed by atoms with Gasteiger partial charge >= 0.3 is 5.97 Å². The van der Waals surface area contributed by atoms with Gasteiger partial charge in [-0.05, 0) is 0 Å². The van der Waals surface area contributed by atoms with Gasteiger partial charge < -0.3 is 5.11 Å². The minimum atomic E-state index is -0.747. The first kappa shape index (κ1) is 11.7. The summed E-state index contributed by atoms with van der Waals surface area (Å²) < 4.78 is 0.976. The molecular formula is C9H15BrN2O2. The number of hydrogen-bond donors (Lipinski definition) is 1.